The van der Waals surface area contributed by atoms with E-state index in [2.05, 4.69) is 19.1 Å². The lowest BCUT2D eigenvalue weighted by Gasteiger charge is -2.32. The van der Waals surface area contributed by atoms with E-state index in [0.717, 1.165) is 44.5 Å². The fourth-order valence-corrected chi connectivity index (χ4v) is 2.65. The van der Waals surface area contributed by atoms with E-state index in [-0.39, 0.29) is 11.9 Å². The first-order chi connectivity index (χ1) is 10.1. The number of ether oxygens (including phenoxy) is 1. The molecule has 116 valence electrons. The van der Waals surface area contributed by atoms with Crippen LogP contribution in [0, 0.1) is 0 Å². The second-order valence-corrected chi connectivity index (χ2v) is 5.82. The van der Waals surface area contributed by atoms with E-state index in [1.54, 1.807) is 0 Å². The molecular formula is C17H26N2O2. The van der Waals surface area contributed by atoms with Crippen molar-refractivity contribution < 1.29 is 9.53 Å². The van der Waals surface area contributed by atoms with Crippen LogP contribution in [0.1, 0.15) is 38.7 Å². The third-order valence-electron chi connectivity index (χ3n) is 3.97. The van der Waals surface area contributed by atoms with Crippen molar-refractivity contribution in [2.45, 2.75) is 51.7 Å². The lowest BCUT2D eigenvalue weighted by Crippen LogP contribution is -2.47. The molecule has 0 saturated carbocycles. The van der Waals surface area contributed by atoms with Crippen LogP contribution in [0.25, 0.3) is 0 Å². The lowest BCUT2D eigenvalue weighted by atomic mass is 10.1. The maximum Gasteiger partial charge on any atom is 0.263 e. The number of nitrogens with zero attached hydrogens (tertiary/aromatic N) is 1. The highest BCUT2D eigenvalue weighted by atomic mass is 16.5. The molecule has 1 atom stereocenters. The maximum atomic E-state index is 12.3. The minimum atomic E-state index is -0.448. The lowest BCUT2D eigenvalue weighted by molar-refractivity contribution is -0.139. The van der Waals surface area contributed by atoms with Crippen molar-refractivity contribution in [2.75, 3.05) is 13.1 Å². The fourth-order valence-electron chi connectivity index (χ4n) is 2.65. The first-order valence-electron chi connectivity index (χ1n) is 7.90. The summed E-state index contributed by atoms with van der Waals surface area (Å²) in [6.07, 6.45) is 3.51. The molecule has 0 spiro atoms. The van der Waals surface area contributed by atoms with E-state index in [4.69, 9.17) is 10.5 Å². The number of rotatable bonds is 5. The average Bonchev–Trinajstić information content (AvgIpc) is 2.49. The predicted octanol–water partition coefficient (Wildman–Crippen LogP) is 2.36. The number of piperidine rings is 1. The maximum absolute atomic E-state index is 12.3. The molecule has 1 aromatic carbocycles. The van der Waals surface area contributed by atoms with Crippen LogP contribution >= 0.6 is 0 Å². The second-order valence-electron chi connectivity index (χ2n) is 5.82. The number of likely N-dealkylation sites (tertiary alicyclic amines) is 1. The Morgan fingerprint density at radius 2 is 1.95 bits per heavy atom. The molecule has 1 aliphatic rings. The van der Waals surface area contributed by atoms with Crippen LogP contribution in [0.2, 0.25) is 0 Å². The van der Waals surface area contributed by atoms with E-state index in [9.17, 15) is 4.79 Å². The zero-order valence-electron chi connectivity index (χ0n) is 13.0. The van der Waals surface area contributed by atoms with Crippen molar-refractivity contribution in [2.24, 2.45) is 5.73 Å². The Kier molecular flexibility index (Phi) is 5.62. The van der Waals surface area contributed by atoms with E-state index in [1.807, 2.05) is 24.0 Å². The summed E-state index contributed by atoms with van der Waals surface area (Å²) in [7, 11) is 0. The van der Waals surface area contributed by atoms with Gasteiger partial charge in [-0.3, -0.25) is 4.79 Å². The Morgan fingerprint density at radius 1 is 1.33 bits per heavy atom. The quantitative estimate of drug-likeness (QED) is 0.905. The number of hydrogen-bond donors (Lipinski definition) is 1. The Morgan fingerprint density at radius 3 is 2.52 bits per heavy atom. The van der Waals surface area contributed by atoms with Crippen LogP contribution in [0.3, 0.4) is 0 Å². The topological polar surface area (TPSA) is 55.6 Å². The number of benzene rings is 1. The van der Waals surface area contributed by atoms with Crippen LogP contribution in [-0.4, -0.2) is 36.0 Å². The zero-order valence-corrected chi connectivity index (χ0v) is 13.0. The summed E-state index contributed by atoms with van der Waals surface area (Å²) in [5.41, 5.74) is 7.17. The molecule has 1 heterocycles. The molecular weight excluding hydrogens is 264 g/mol. The number of carbonyl (C=O) groups excluding carboxylic acids is 1. The molecule has 0 aliphatic carbocycles. The van der Waals surface area contributed by atoms with E-state index < -0.39 is 6.10 Å². The molecule has 2 N–H and O–H groups in total. The summed E-state index contributed by atoms with van der Waals surface area (Å²) >= 11 is 0. The van der Waals surface area contributed by atoms with Gasteiger partial charge in [0.2, 0.25) is 0 Å². The summed E-state index contributed by atoms with van der Waals surface area (Å²) in [4.78, 5) is 14.2. The normalized spacial score (nSPS) is 17.6. The van der Waals surface area contributed by atoms with Gasteiger partial charge in [-0.25, -0.2) is 0 Å². The zero-order chi connectivity index (χ0) is 15.2. The van der Waals surface area contributed by atoms with E-state index in [0.29, 0.717) is 0 Å². The van der Waals surface area contributed by atoms with E-state index >= 15 is 0 Å². The van der Waals surface area contributed by atoms with E-state index in [1.165, 1.54) is 5.56 Å². The summed E-state index contributed by atoms with van der Waals surface area (Å²) in [5, 5.41) is 0. The molecule has 1 unspecified atom stereocenters. The largest absolute Gasteiger partial charge is 0.481 e. The molecule has 1 fully saturated rings. The van der Waals surface area contributed by atoms with Crippen LogP contribution in [0.5, 0.6) is 5.75 Å². The molecule has 1 saturated heterocycles. The number of aryl methyl sites for hydroxylation is 1. The number of amides is 1. The first-order valence-corrected chi connectivity index (χ1v) is 7.90. The number of nitrogens with two attached hydrogens (primary N) is 1. The van der Waals surface area contributed by atoms with Gasteiger partial charge in [0.25, 0.3) is 5.91 Å². The average molecular weight is 290 g/mol. The summed E-state index contributed by atoms with van der Waals surface area (Å²) < 4.78 is 5.77. The Hall–Kier alpha value is -1.55. The second kappa shape index (κ2) is 7.46. The van der Waals surface area contributed by atoms with Crippen LogP contribution < -0.4 is 10.5 Å². The van der Waals surface area contributed by atoms with Gasteiger partial charge in [-0.05, 0) is 43.9 Å². The summed E-state index contributed by atoms with van der Waals surface area (Å²) in [6, 6.07) is 8.25. The molecule has 0 bridgehead atoms. The minimum Gasteiger partial charge on any atom is -0.481 e. The monoisotopic (exact) mass is 290 g/mol. The Bertz CT molecular complexity index is 450. The van der Waals surface area contributed by atoms with Crippen molar-refractivity contribution in [3.63, 3.8) is 0 Å². The fraction of sp³-hybridized carbons (Fsp3) is 0.588. The molecule has 0 radical (unpaired) electrons. The van der Waals surface area contributed by atoms with Gasteiger partial charge >= 0.3 is 0 Å². The molecule has 4 nitrogen and oxygen atoms in total. The van der Waals surface area contributed by atoms with Crippen molar-refractivity contribution >= 4 is 5.91 Å². The summed E-state index contributed by atoms with van der Waals surface area (Å²) in [6.45, 7) is 5.46. The first kappa shape index (κ1) is 15.8. The smallest absolute Gasteiger partial charge is 0.263 e. The number of carbonyl (C=O) groups is 1. The van der Waals surface area contributed by atoms with Gasteiger partial charge in [-0.1, -0.05) is 25.5 Å². The van der Waals surface area contributed by atoms with Gasteiger partial charge in [0.1, 0.15) is 5.75 Å². The van der Waals surface area contributed by atoms with Gasteiger partial charge in [0.15, 0.2) is 6.10 Å². The number of hydrogen-bond acceptors (Lipinski definition) is 3. The Balaban J connectivity index is 1.88. The van der Waals surface area contributed by atoms with Gasteiger partial charge < -0.3 is 15.4 Å². The highest BCUT2D eigenvalue weighted by molar-refractivity contribution is 5.81. The van der Waals surface area contributed by atoms with Crippen molar-refractivity contribution in [1.29, 1.82) is 0 Å². The van der Waals surface area contributed by atoms with Crippen molar-refractivity contribution in [3.8, 4) is 5.75 Å². The predicted molar refractivity (Wildman–Crippen MR) is 84.3 cm³/mol. The third-order valence-corrected chi connectivity index (χ3v) is 3.97. The molecule has 21 heavy (non-hydrogen) atoms. The van der Waals surface area contributed by atoms with Crippen molar-refractivity contribution in [1.82, 2.24) is 4.90 Å². The van der Waals surface area contributed by atoms with Crippen molar-refractivity contribution in [3.05, 3.63) is 29.8 Å². The molecule has 1 aliphatic heterocycles. The minimum absolute atomic E-state index is 0.0551. The highest BCUT2D eigenvalue weighted by Gasteiger charge is 2.25. The van der Waals surface area contributed by atoms with Crippen LogP contribution in [0.4, 0.5) is 0 Å². The highest BCUT2D eigenvalue weighted by Crippen LogP contribution is 2.17. The van der Waals surface area contributed by atoms with Crippen LogP contribution in [0.15, 0.2) is 24.3 Å². The molecule has 4 heteroatoms. The van der Waals surface area contributed by atoms with Gasteiger partial charge in [-0.15, -0.1) is 0 Å². The van der Waals surface area contributed by atoms with Gasteiger partial charge in [0.05, 0.1) is 0 Å². The van der Waals surface area contributed by atoms with Gasteiger partial charge in [-0.2, -0.15) is 0 Å². The Labute approximate surface area is 127 Å². The van der Waals surface area contributed by atoms with Gasteiger partial charge in [0, 0.05) is 19.1 Å². The molecule has 1 amide bonds. The molecule has 1 aromatic rings. The SMILES string of the molecule is CCCc1ccc(OC(C)C(=O)N2CCC(N)CC2)cc1. The summed E-state index contributed by atoms with van der Waals surface area (Å²) in [5.74, 6) is 0.809. The third kappa shape index (κ3) is 4.46. The molecule has 2 rings (SSSR count). The van der Waals surface area contributed by atoms with Crippen LogP contribution in [-0.2, 0) is 11.2 Å². The standard InChI is InChI=1S/C17H26N2O2/c1-3-4-14-5-7-16(8-6-14)21-13(2)17(20)19-11-9-15(18)10-12-19/h5-8,13,15H,3-4,9-12,18H2,1-2H3. The molecule has 0 aromatic heterocycles.